The number of aryl methyl sites for hydroxylation is 1. The number of aromatic amines is 1. The average Bonchev–Trinajstić information content (AvgIpc) is 3.07. The van der Waals surface area contributed by atoms with Crippen LogP contribution in [0.3, 0.4) is 0 Å². The molecule has 0 saturated carbocycles. The van der Waals surface area contributed by atoms with Crippen LogP contribution in [0, 0.1) is 6.92 Å². The van der Waals surface area contributed by atoms with Crippen LogP contribution in [0.1, 0.15) is 35.4 Å². The van der Waals surface area contributed by atoms with Crippen molar-refractivity contribution in [2.24, 2.45) is 0 Å². The van der Waals surface area contributed by atoms with Gasteiger partial charge in [-0.3, -0.25) is 0 Å². The fraction of sp³-hybridized carbons (Fsp3) is 0.364. The number of benzene rings is 2. The minimum absolute atomic E-state index is 0.682. The van der Waals surface area contributed by atoms with Gasteiger partial charge in [0.05, 0.1) is 0 Å². The molecule has 1 aliphatic heterocycles. The number of piperidine rings is 1. The Morgan fingerprint density at radius 3 is 2.76 bits per heavy atom. The van der Waals surface area contributed by atoms with E-state index in [0.29, 0.717) is 5.92 Å². The van der Waals surface area contributed by atoms with Crippen LogP contribution in [0.15, 0.2) is 48.7 Å². The molecule has 2 aromatic carbocycles. The smallest absolute Gasteiger partial charge is 0.0456 e. The first kappa shape index (κ1) is 16.2. The highest BCUT2D eigenvalue weighted by atomic mass is 15.1. The Kier molecular flexibility index (Phi) is 4.50. The van der Waals surface area contributed by atoms with Gasteiger partial charge in [0.1, 0.15) is 0 Å². The van der Waals surface area contributed by atoms with Crippen molar-refractivity contribution in [1.82, 2.24) is 9.88 Å². The van der Waals surface area contributed by atoms with Crippen LogP contribution < -0.4 is 5.73 Å². The molecule has 0 aliphatic carbocycles. The highest BCUT2D eigenvalue weighted by molar-refractivity contribution is 5.83. The van der Waals surface area contributed by atoms with Crippen molar-refractivity contribution in [1.29, 1.82) is 0 Å². The Labute approximate surface area is 149 Å². The molecule has 130 valence electrons. The molecule has 2 heterocycles. The van der Waals surface area contributed by atoms with Crippen molar-refractivity contribution >= 4 is 16.6 Å². The topological polar surface area (TPSA) is 45.0 Å². The Bertz CT molecular complexity index is 857. The van der Waals surface area contributed by atoms with Crippen LogP contribution in [0.4, 0.5) is 5.69 Å². The number of likely N-dealkylation sites (tertiary alicyclic amines) is 1. The number of para-hydroxylation sites is 1. The number of fused-ring (bicyclic) bond motifs is 1. The molecule has 1 aliphatic rings. The monoisotopic (exact) mass is 333 g/mol. The number of nitrogen functional groups attached to an aromatic ring is 1. The molecule has 0 radical (unpaired) electrons. The molecule has 0 atom stereocenters. The summed E-state index contributed by atoms with van der Waals surface area (Å²) < 4.78 is 0. The van der Waals surface area contributed by atoms with Crippen molar-refractivity contribution in [3.8, 4) is 0 Å². The second-order valence-corrected chi connectivity index (χ2v) is 7.34. The number of H-pyrrole nitrogens is 1. The number of nitrogens with two attached hydrogens (primary N) is 1. The van der Waals surface area contributed by atoms with Gasteiger partial charge in [-0.2, -0.15) is 0 Å². The first-order valence-electron chi connectivity index (χ1n) is 9.34. The molecular weight excluding hydrogens is 306 g/mol. The summed E-state index contributed by atoms with van der Waals surface area (Å²) in [6.45, 7) is 5.68. The van der Waals surface area contributed by atoms with Crippen LogP contribution in [-0.4, -0.2) is 29.5 Å². The quantitative estimate of drug-likeness (QED) is 0.691. The molecule has 3 aromatic rings. The maximum absolute atomic E-state index is 5.94. The number of nitrogens with zero attached hydrogens (tertiary/aromatic N) is 1. The zero-order valence-corrected chi connectivity index (χ0v) is 15.0. The van der Waals surface area contributed by atoms with E-state index in [9.17, 15) is 0 Å². The summed E-state index contributed by atoms with van der Waals surface area (Å²) in [5, 5.41) is 1.40. The fourth-order valence-corrected chi connectivity index (χ4v) is 4.14. The predicted molar refractivity (Wildman–Crippen MR) is 106 cm³/mol. The van der Waals surface area contributed by atoms with E-state index in [2.05, 4.69) is 59.4 Å². The van der Waals surface area contributed by atoms with Gasteiger partial charge in [0.2, 0.25) is 0 Å². The summed E-state index contributed by atoms with van der Waals surface area (Å²) in [7, 11) is 0. The summed E-state index contributed by atoms with van der Waals surface area (Å²) in [6, 6.07) is 14.9. The third-order valence-electron chi connectivity index (χ3n) is 5.72. The van der Waals surface area contributed by atoms with Crippen LogP contribution in [0.25, 0.3) is 10.9 Å². The lowest BCUT2D eigenvalue weighted by Gasteiger charge is -2.32. The minimum Gasteiger partial charge on any atom is -0.399 e. The minimum atomic E-state index is 0.682. The number of nitrogens with one attached hydrogen (secondary N) is 1. The maximum Gasteiger partial charge on any atom is 0.0456 e. The first-order chi connectivity index (χ1) is 12.2. The summed E-state index contributed by atoms with van der Waals surface area (Å²) in [6.07, 6.45) is 5.81. The second kappa shape index (κ2) is 6.93. The van der Waals surface area contributed by atoms with E-state index in [1.165, 1.54) is 53.5 Å². The van der Waals surface area contributed by atoms with E-state index in [4.69, 9.17) is 5.73 Å². The highest BCUT2D eigenvalue weighted by Crippen LogP contribution is 2.33. The Balaban J connectivity index is 1.36. The Hall–Kier alpha value is -2.26. The van der Waals surface area contributed by atoms with Gasteiger partial charge in [0, 0.05) is 29.3 Å². The zero-order valence-electron chi connectivity index (χ0n) is 15.0. The molecule has 0 unspecified atom stereocenters. The second-order valence-electron chi connectivity index (χ2n) is 7.34. The molecule has 1 aromatic heterocycles. The summed E-state index contributed by atoms with van der Waals surface area (Å²) >= 11 is 0. The Morgan fingerprint density at radius 1 is 1.12 bits per heavy atom. The largest absolute Gasteiger partial charge is 0.399 e. The number of hydrogen-bond acceptors (Lipinski definition) is 2. The van der Waals surface area contributed by atoms with Gasteiger partial charge in [-0.05, 0) is 80.1 Å². The van der Waals surface area contributed by atoms with Crippen molar-refractivity contribution in [3.63, 3.8) is 0 Å². The lowest BCUT2D eigenvalue weighted by atomic mass is 9.89. The molecule has 0 bridgehead atoms. The van der Waals surface area contributed by atoms with Crippen LogP contribution in [-0.2, 0) is 6.42 Å². The van der Waals surface area contributed by atoms with Crippen LogP contribution in [0.5, 0.6) is 0 Å². The number of aromatic nitrogens is 1. The van der Waals surface area contributed by atoms with Gasteiger partial charge in [-0.15, -0.1) is 0 Å². The summed E-state index contributed by atoms with van der Waals surface area (Å²) in [4.78, 5) is 6.03. The van der Waals surface area contributed by atoms with Crippen molar-refractivity contribution in [2.45, 2.75) is 32.1 Å². The number of hydrogen-bond donors (Lipinski definition) is 2. The van der Waals surface area contributed by atoms with Crippen molar-refractivity contribution < 1.29 is 0 Å². The van der Waals surface area contributed by atoms with Gasteiger partial charge >= 0.3 is 0 Å². The van der Waals surface area contributed by atoms with Gasteiger partial charge in [0.15, 0.2) is 0 Å². The van der Waals surface area contributed by atoms with E-state index in [0.717, 1.165) is 18.7 Å². The number of anilines is 1. The van der Waals surface area contributed by atoms with Crippen molar-refractivity contribution in [3.05, 3.63) is 65.4 Å². The molecular formula is C22H27N3. The van der Waals surface area contributed by atoms with Crippen molar-refractivity contribution in [2.75, 3.05) is 25.4 Å². The third-order valence-corrected chi connectivity index (χ3v) is 5.72. The molecule has 3 heteroatoms. The Morgan fingerprint density at radius 2 is 1.92 bits per heavy atom. The van der Waals surface area contributed by atoms with E-state index in [-0.39, 0.29) is 0 Å². The van der Waals surface area contributed by atoms with Gasteiger partial charge < -0.3 is 15.6 Å². The molecule has 4 rings (SSSR count). The summed E-state index contributed by atoms with van der Waals surface area (Å²) in [5.41, 5.74) is 12.3. The molecule has 3 nitrogen and oxygen atoms in total. The van der Waals surface area contributed by atoms with Gasteiger partial charge in [-0.25, -0.2) is 0 Å². The first-order valence-corrected chi connectivity index (χ1v) is 9.34. The molecule has 1 fully saturated rings. The third kappa shape index (κ3) is 3.42. The predicted octanol–water partition coefficient (Wildman–Crippen LogP) is 4.48. The van der Waals surface area contributed by atoms with Crippen LogP contribution in [0.2, 0.25) is 0 Å². The zero-order chi connectivity index (χ0) is 17.2. The average molecular weight is 333 g/mol. The van der Waals surface area contributed by atoms with E-state index in [1.807, 2.05) is 6.07 Å². The molecule has 0 spiro atoms. The van der Waals surface area contributed by atoms with E-state index in [1.54, 1.807) is 0 Å². The van der Waals surface area contributed by atoms with E-state index < -0.39 is 0 Å². The lowest BCUT2D eigenvalue weighted by molar-refractivity contribution is 0.215. The van der Waals surface area contributed by atoms with E-state index >= 15 is 0 Å². The SMILES string of the molecule is Cc1ccc(N)cc1CCN1CCC(c2c[nH]c3ccccc23)CC1. The standard InChI is InChI=1S/C22H27N3/c1-16-6-7-19(23)14-18(16)10-13-25-11-8-17(9-12-25)21-15-24-22-5-3-2-4-20(21)22/h2-7,14-15,17,24H,8-13,23H2,1H3. The highest BCUT2D eigenvalue weighted by Gasteiger charge is 2.22. The molecule has 3 N–H and O–H groups in total. The number of rotatable bonds is 4. The molecule has 0 amide bonds. The van der Waals surface area contributed by atoms with Gasteiger partial charge in [-0.1, -0.05) is 24.3 Å². The fourth-order valence-electron chi connectivity index (χ4n) is 4.14. The maximum atomic E-state index is 5.94. The summed E-state index contributed by atoms with van der Waals surface area (Å²) in [5.74, 6) is 0.682. The normalized spacial score (nSPS) is 16.5. The van der Waals surface area contributed by atoms with Gasteiger partial charge in [0.25, 0.3) is 0 Å². The molecule has 1 saturated heterocycles. The lowest BCUT2D eigenvalue weighted by Crippen LogP contribution is -2.34. The molecule has 25 heavy (non-hydrogen) atoms. The van der Waals surface area contributed by atoms with Crippen LogP contribution >= 0.6 is 0 Å².